The molecule has 2 atom stereocenters. The monoisotopic (exact) mass is 271 g/mol. The van der Waals surface area contributed by atoms with Gasteiger partial charge in [-0.2, -0.15) is 0 Å². The third-order valence-electron chi connectivity index (χ3n) is 4.06. The maximum absolute atomic E-state index is 12.5. The zero-order valence-corrected chi connectivity index (χ0v) is 11.2. The Morgan fingerprint density at radius 1 is 1.21 bits per heavy atom. The summed E-state index contributed by atoms with van der Waals surface area (Å²) in [5, 5.41) is 9.16. The van der Waals surface area contributed by atoms with E-state index in [0.29, 0.717) is 32.3 Å². The van der Waals surface area contributed by atoms with Gasteiger partial charge in [-0.1, -0.05) is 6.92 Å². The van der Waals surface area contributed by atoms with Gasteiger partial charge in [-0.05, 0) is 18.8 Å². The summed E-state index contributed by atoms with van der Waals surface area (Å²) in [4.78, 5) is 25.1. The van der Waals surface area contributed by atoms with E-state index in [0.717, 1.165) is 12.8 Å². The minimum Gasteiger partial charge on any atom is -0.480 e. The van der Waals surface area contributed by atoms with E-state index in [1.807, 2.05) is 6.92 Å². The Kier molecular flexibility index (Phi) is 4.76. The van der Waals surface area contributed by atoms with Crippen LogP contribution in [0.4, 0.5) is 0 Å². The lowest BCUT2D eigenvalue weighted by Gasteiger charge is -2.37. The molecule has 2 saturated heterocycles. The minimum absolute atomic E-state index is 0.0670. The molecule has 2 fully saturated rings. The van der Waals surface area contributed by atoms with Crippen LogP contribution >= 0.6 is 0 Å². The molecule has 19 heavy (non-hydrogen) atoms. The molecule has 6 heteroatoms. The van der Waals surface area contributed by atoms with Crippen molar-refractivity contribution in [2.75, 3.05) is 33.0 Å². The zero-order chi connectivity index (χ0) is 13.8. The normalized spacial score (nSPS) is 27.0. The molecule has 1 N–H and O–H groups in total. The molecule has 2 rings (SSSR count). The van der Waals surface area contributed by atoms with Gasteiger partial charge >= 0.3 is 5.97 Å². The fraction of sp³-hybridized carbons (Fsp3) is 0.846. The van der Waals surface area contributed by atoms with Crippen LogP contribution in [-0.4, -0.2) is 60.9 Å². The molecule has 2 unspecified atom stereocenters. The highest BCUT2D eigenvalue weighted by Crippen LogP contribution is 2.26. The molecule has 108 valence electrons. The maximum Gasteiger partial charge on any atom is 0.328 e. The fourth-order valence-electron chi connectivity index (χ4n) is 2.75. The lowest BCUT2D eigenvalue weighted by molar-refractivity contribution is -0.161. The highest BCUT2D eigenvalue weighted by molar-refractivity contribution is 5.85. The second-order valence-corrected chi connectivity index (χ2v) is 5.20. The summed E-state index contributed by atoms with van der Waals surface area (Å²) in [5.74, 6) is -0.919. The second kappa shape index (κ2) is 6.34. The molecule has 0 radical (unpaired) electrons. The first-order valence-corrected chi connectivity index (χ1v) is 6.80. The first kappa shape index (κ1) is 14.3. The summed E-state index contributed by atoms with van der Waals surface area (Å²) in [5.41, 5.74) is 0. The van der Waals surface area contributed by atoms with Gasteiger partial charge in [0.1, 0.15) is 0 Å². The molecule has 0 aromatic rings. The van der Waals surface area contributed by atoms with Crippen LogP contribution in [0.3, 0.4) is 0 Å². The molecular formula is C13H21NO5. The third kappa shape index (κ3) is 3.25. The van der Waals surface area contributed by atoms with Crippen molar-refractivity contribution >= 4 is 11.9 Å². The average Bonchev–Trinajstić information content (AvgIpc) is 2.46. The van der Waals surface area contributed by atoms with Crippen LogP contribution in [0.5, 0.6) is 0 Å². The lowest BCUT2D eigenvalue weighted by Crippen LogP contribution is -2.54. The smallest absolute Gasteiger partial charge is 0.328 e. The van der Waals surface area contributed by atoms with Crippen molar-refractivity contribution in [3.63, 3.8) is 0 Å². The van der Waals surface area contributed by atoms with Crippen LogP contribution < -0.4 is 0 Å². The van der Waals surface area contributed by atoms with Crippen LogP contribution in [0.25, 0.3) is 0 Å². The van der Waals surface area contributed by atoms with E-state index in [1.165, 1.54) is 4.90 Å². The molecule has 0 saturated carbocycles. The molecule has 0 aliphatic carbocycles. The predicted octanol–water partition coefficient (Wildman–Crippen LogP) is 0.361. The Morgan fingerprint density at radius 2 is 1.89 bits per heavy atom. The average molecular weight is 271 g/mol. The molecule has 0 aromatic heterocycles. The molecule has 0 bridgehead atoms. The molecule has 1 amide bonds. The number of carbonyl (C=O) groups excluding carboxylic acids is 1. The van der Waals surface area contributed by atoms with Crippen molar-refractivity contribution in [1.29, 1.82) is 0 Å². The number of carboxylic acids is 1. The van der Waals surface area contributed by atoms with Gasteiger partial charge in [-0.15, -0.1) is 0 Å². The Hall–Kier alpha value is -1.14. The molecule has 2 aliphatic rings. The van der Waals surface area contributed by atoms with Crippen molar-refractivity contribution in [3.8, 4) is 0 Å². The van der Waals surface area contributed by atoms with Crippen LogP contribution in [-0.2, 0) is 19.1 Å². The molecule has 2 heterocycles. The summed E-state index contributed by atoms with van der Waals surface area (Å²) in [6.07, 6.45) is 1.74. The largest absolute Gasteiger partial charge is 0.480 e. The van der Waals surface area contributed by atoms with Crippen LogP contribution in [0.2, 0.25) is 0 Å². The first-order valence-electron chi connectivity index (χ1n) is 6.80. The number of nitrogens with zero attached hydrogens (tertiary/aromatic N) is 1. The van der Waals surface area contributed by atoms with Gasteiger partial charge in [0.25, 0.3) is 0 Å². The number of carboxylic acid groups (broad SMARTS) is 1. The van der Waals surface area contributed by atoms with Crippen LogP contribution in [0, 0.1) is 11.8 Å². The van der Waals surface area contributed by atoms with E-state index < -0.39 is 12.0 Å². The van der Waals surface area contributed by atoms with Crippen LogP contribution in [0.15, 0.2) is 0 Å². The Bertz CT molecular complexity index is 340. The standard InChI is InChI=1S/C13H21NO5/c1-9(10-2-5-18-6-3-10)12(15)14-4-7-19-8-11(14)13(16)17/h9-11H,2-8H2,1H3,(H,16,17). The van der Waals surface area contributed by atoms with Crippen molar-refractivity contribution in [1.82, 2.24) is 4.90 Å². The topological polar surface area (TPSA) is 76.1 Å². The van der Waals surface area contributed by atoms with E-state index >= 15 is 0 Å². The van der Waals surface area contributed by atoms with Gasteiger partial charge in [0.15, 0.2) is 6.04 Å². The highest BCUT2D eigenvalue weighted by Gasteiger charge is 2.37. The van der Waals surface area contributed by atoms with Gasteiger partial charge in [0.05, 0.1) is 13.2 Å². The molecule has 6 nitrogen and oxygen atoms in total. The summed E-state index contributed by atoms with van der Waals surface area (Å²) < 4.78 is 10.4. The van der Waals surface area contributed by atoms with Gasteiger partial charge in [0, 0.05) is 25.7 Å². The summed E-state index contributed by atoms with van der Waals surface area (Å²) in [6, 6.07) is -0.844. The van der Waals surface area contributed by atoms with Crippen molar-refractivity contribution < 1.29 is 24.2 Å². The zero-order valence-electron chi connectivity index (χ0n) is 11.2. The van der Waals surface area contributed by atoms with Crippen molar-refractivity contribution in [2.45, 2.75) is 25.8 Å². The molecule has 0 aromatic carbocycles. The van der Waals surface area contributed by atoms with E-state index in [9.17, 15) is 9.59 Å². The number of aliphatic carboxylic acids is 1. The van der Waals surface area contributed by atoms with E-state index in [4.69, 9.17) is 14.6 Å². The van der Waals surface area contributed by atoms with Gasteiger partial charge < -0.3 is 19.5 Å². The number of rotatable bonds is 3. The maximum atomic E-state index is 12.5. The summed E-state index contributed by atoms with van der Waals surface area (Å²) in [7, 11) is 0. The molecule has 0 spiro atoms. The first-order chi connectivity index (χ1) is 9.11. The minimum atomic E-state index is -0.993. The summed E-state index contributed by atoms with van der Waals surface area (Å²) >= 11 is 0. The van der Waals surface area contributed by atoms with Gasteiger partial charge in [-0.3, -0.25) is 4.79 Å². The number of ether oxygens (including phenoxy) is 2. The second-order valence-electron chi connectivity index (χ2n) is 5.20. The molecular weight excluding hydrogens is 250 g/mol. The number of hydrogen-bond acceptors (Lipinski definition) is 4. The van der Waals surface area contributed by atoms with Crippen LogP contribution in [0.1, 0.15) is 19.8 Å². The number of amides is 1. The Balaban J connectivity index is 2.01. The van der Waals surface area contributed by atoms with E-state index in [1.54, 1.807) is 0 Å². The molecule has 2 aliphatic heterocycles. The Labute approximate surface area is 112 Å². The SMILES string of the molecule is CC(C(=O)N1CCOCC1C(=O)O)C1CCOCC1. The third-order valence-corrected chi connectivity index (χ3v) is 4.06. The van der Waals surface area contributed by atoms with E-state index in [2.05, 4.69) is 0 Å². The lowest BCUT2D eigenvalue weighted by atomic mass is 9.86. The van der Waals surface area contributed by atoms with Gasteiger partial charge in [-0.25, -0.2) is 4.79 Å². The number of carbonyl (C=O) groups is 2. The predicted molar refractivity (Wildman–Crippen MR) is 66.7 cm³/mol. The van der Waals surface area contributed by atoms with E-state index in [-0.39, 0.29) is 18.4 Å². The van der Waals surface area contributed by atoms with Gasteiger partial charge in [0.2, 0.25) is 5.91 Å². The number of morpholine rings is 1. The number of hydrogen-bond donors (Lipinski definition) is 1. The summed E-state index contributed by atoms with van der Waals surface area (Å²) in [6.45, 7) is 4.13. The van der Waals surface area contributed by atoms with Crippen molar-refractivity contribution in [3.05, 3.63) is 0 Å². The quantitative estimate of drug-likeness (QED) is 0.802. The fourth-order valence-corrected chi connectivity index (χ4v) is 2.75. The highest BCUT2D eigenvalue weighted by atomic mass is 16.5. The Morgan fingerprint density at radius 3 is 2.53 bits per heavy atom. The van der Waals surface area contributed by atoms with Crippen molar-refractivity contribution in [2.24, 2.45) is 11.8 Å².